The number of anilines is 1. The normalized spacial score (nSPS) is 23.2. The second kappa shape index (κ2) is 7.46. The fourth-order valence-electron chi connectivity index (χ4n) is 5.24. The van der Waals surface area contributed by atoms with E-state index >= 15 is 0 Å². The smallest absolute Gasteiger partial charge is 0.151 e. The molecule has 0 saturated carbocycles. The van der Waals surface area contributed by atoms with Gasteiger partial charge in [0.15, 0.2) is 5.82 Å². The van der Waals surface area contributed by atoms with Gasteiger partial charge in [0.05, 0.1) is 23.1 Å². The maximum absolute atomic E-state index is 4.59. The molecule has 3 aromatic heterocycles. The van der Waals surface area contributed by atoms with Crippen molar-refractivity contribution in [1.29, 1.82) is 0 Å². The molecule has 8 nitrogen and oxygen atoms in total. The summed E-state index contributed by atoms with van der Waals surface area (Å²) in [4.78, 5) is 2.32. The number of hydrogen-bond donors (Lipinski definition) is 2. The zero-order valence-corrected chi connectivity index (χ0v) is 17.6. The van der Waals surface area contributed by atoms with Crippen molar-refractivity contribution in [3.63, 3.8) is 0 Å². The molecule has 0 unspecified atom stereocenters. The third kappa shape index (κ3) is 3.27. The maximum Gasteiger partial charge on any atom is 0.151 e. The summed E-state index contributed by atoms with van der Waals surface area (Å²) in [5, 5.41) is 25.7. The number of hydrogen-bond acceptors (Lipinski definition) is 6. The first-order valence-corrected chi connectivity index (χ1v) is 11.1. The van der Waals surface area contributed by atoms with E-state index in [0.717, 1.165) is 33.7 Å². The summed E-state index contributed by atoms with van der Waals surface area (Å²) in [5.41, 5.74) is 3.75. The summed E-state index contributed by atoms with van der Waals surface area (Å²) in [6.45, 7) is 0. The summed E-state index contributed by atoms with van der Waals surface area (Å²) in [7, 11) is 2.16. The van der Waals surface area contributed by atoms with Gasteiger partial charge in [-0.2, -0.15) is 10.2 Å². The predicted octanol–water partition coefficient (Wildman–Crippen LogP) is 3.31. The van der Waals surface area contributed by atoms with E-state index in [2.05, 4.69) is 61.0 Å². The Bertz CT molecular complexity index is 1170. The first-order valence-electron chi connectivity index (χ1n) is 11.1. The van der Waals surface area contributed by atoms with Crippen LogP contribution < -0.4 is 10.2 Å². The molecule has 0 aliphatic carbocycles. The average molecular weight is 415 g/mol. The van der Waals surface area contributed by atoms with Gasteiger partial charge in [0.1, 0.15) is 0 Å². The maximum atomic E-state index is 4.59. The van der Waals surface area contributed by atoms with E-state index in [-0.39, 0.29) is 0 Å². The highest BCUT2D eigenvalue weighted by Gasteiger charge is 2.33. The van der Waals surface area contributed by atoms with E-state index < -0.39 is 0 Å². The molecule has 8 heteroatoms. The van der Waals surface area contributed by atoms with Gasteiger partial charge in [-0.05, 0) is 56.0 Å². The van der Waals surface area contributed by atoms with Crippen molar-refractivity contribution >= 4 is 16.7 Å². The summed E-state index contributed by atoms with van der Waals surface area (Å²) >= 11 is 0. The van der Waals surface area contributed by atoms with Gasteiger partial charge >= 0.3 is 0 Å². The number of benzene rings is 1. The summed E-state index contributed by atoms with van der Waals surface area (Å²) < 4.78 is 1.84. The number of rotatable bonds is 4. The fourth-order valence-corrected chi connectivity index (χ4v) is 5.24. The molecule has 2 N–H and O–H groups in total. The minimum absolute atomic E-state index is 0.519. The zero-order chi connectivity index (χ0) is 20.8. The number of H-pyrrole nitrogens is 1. The van der Waals surface area contributed by atoms with Gasteiger partial charge in [-0.1, -0.05) is 6.42 Å². The quantitative estimate of drug-likeness (QED) is 0.533. The van der Waals surface area contributed by atoms with Crippen LogP contribution in [0, 0.1) is 0 Å². The summed E-state index contributed by atoms with van der Waals surface area (Å²) in [6.07, 6.45) is 11.8. The molecule has 6 rings (SSSR count). The highest BCUT2D eigenvalue weighted by molar-refractivity contribution is 5.97. The lowest BCUT2D eigenvalue weighted by molar-refractivity contribution is 0.219. The topological polar surface area (TPSA) is 87.6 Å². The van der Waals surface area contributed by atoms with Crippen LogP contribution in [0.5, 0.6) is 0 Å². The number of piperidine rings is 2. The Hall–Kier alpha value is -3.26. The molecule has 2 aliphatic heterocycles. The van der Waals surface area contributed by atoms with Gasteiger partial charge < -0.3 is 10.2 Å². The van der Waals surface area contributed by atoms with Crippen LogP contribution in [0.4, 0.5) is 5.82 Å². The van der Waals surface area contributed by atoms with Crippen molar-refractivity contribution < 1.29 is 0 Å². The van der Waals surface area contributed by atoms with Crippen LogP contribution in [0.1, 0.15) is 32.1 Å². The number of nitrogens with one attached hydrogen (secondary N) is 2. The number of fused-ring (bicyclic) bond motifs is 3. The van der Waals surface area contributed by atoms with E-state index in [0.29, 0.717) is 18.1 Å². The van der Waals surface area contributed by atoms with Crippen molar-refractivity contribution in [2.45, 2.75) is 50.2 Å². The Labute approximate surface area is 180 Å². The van der Waals surface area contributed by atoms with Crippen LogP contribution in [0.15, 0.2) is 48.9 Å². The average Bonchev–Trinajstić information content (AvgIpc) is 3.50. The van der Waals surface area contributed by atoms with Crippen molar-refractivity contribution in [2.24, 2.45) is 0 Å². The lowest BCUT2D eigenvalue weighted by Crippen LogP contribution is -2.54. The van der Waals surface area contributed by atoms with Crippen molar-refractivity contribution in [3.05, 3.63) is 48.9 Å². The van der Waals surface area contributed by atoms with E-state index in [9.17, 15) is 0 Å². The second-order valence-corrected chi connectivity index (χ2v) is 8.75. The van der Waals surface area contributed by atoms with Gasteiger partial charge in [0.25, 0.3) is 0 Å². The Balaban J connectivity index is 1.28. The van der Waals surface area contributed by atoms with Gasteiger partial charge in [-0.3, -0.25) is 5.10 Å². The minimum atomic E-state index is 0.519. The molecular weight excluding hydrogens is 388 g/mol. The molecule has 0 radical (unpaired) electrons. The Morgan fingerprint density at radius 2 is 1.94 bits per heavy atom. The number of aromatic nitrogens is 6. The Kier molecular flexibility index (Phi) is 4.45. The second-order valence-electron chi connectivity index (χ2n) is 8.75. The molecule has 2 fully saturated rings. The van der Waals surface area contributed by atoms with Crippen LogP contribution in [0.25, 0.3) is 27.8 Å². The third-order valence-electron chi connectivity index (χ3n) is 6.87. The molecule has 31 heavy (non-hydrogen) atoms. The van der Waals surface area contributed by atoms with Crippen LogP contribution in [-0.4, -0.2) is 55.3 Å². The van der Waals surface area contributed by atoms with Crippen LogP contribution in [0.2, 0.25) is 0 Å². The van der Waals surface area contributed by atoms with Gasteiger partial charge in [0, 0.05) is 48.5 Å². The monoisotopic (exact) mass is 414 g/mol. The molecule has 2 bridgehead atoms. The molecule has 2 saturated heterocycles. The first-order chi connectivity index (χ1) is 15.3. The van der Waals surface area contributed by atoms with Crippen molar-refractivity contribution in [3.8, 4) is 16.9 Å². The van der Waals surface area contributed by atoms with E-state index in [1.807, 2.05) is 29.2 Å². The van der Waals surface area contributed by atoms with E-state index in [1.54, 1.807) is 6.20 Å². The van der Waals surface area contributed by atoms with Crippen LogP contribution in [-0.2, 0) is 0 Å². The molecule has 4 aromatic rings. The number of nitrogens with zero attached hydrogens (tertiary/aromatic N) is 6. The third-order valence-corrected chi connectivity index (χ3v) is 6.87. The Morgan fingerprint density at radius 3 is 2.68 bits per heavy atom. The van der Waals surface area contributed by atoms with Crippen LogP contribution in [0.3, 0.4) is 0 Å². The van der Waals surface area contributed by atoms with E-state index in [4.69, 9.17) is 0 Å². The molecule has 2 aliphatic rings. The highest BCUT2D eigenvalue weighted by atomic mass is 15.3. The SMILES string of the molecule is CN(c1ccc(-c2ccc(-n3cccn3)c3[nH]ncc23)nn1)C1C[C@H]2CCC[C@H](C1)N2. The largest absolute Gasteiger partial charge is 0.355 e. The van der Waals surface area contributed by atoms with Crippen LogP contribution >= 0.6 is 0 Å². The van der Waals surface area contributed by atoms with Crippen molar-refractivity contribution in [2.75, 3.05) is 11.9 Å². The minimum Gasteiger partial charge on any atom is -0.355 e. The molecule has 0 amide bonds. The highest BCUT2D eigenvalue weighted by Crippen LogP contribution is 2.32. The molecule has 1 aromatic carbocycles. The zero-order valence-electron chi connectivity index (χ0n) is 17.6. The standard InChI is InChI=1S/C23H26N8/c1-30(17-12-15-4-2-5-16(13-17)26-15)22-9-7-20(27-28-22)18-6-8-21(31-11-3-10-25-31)23-19(18)14-24-29-23/h3,6-11,14-17,26H,2,4-5,12-13H2,1H3,(H,24,29)/t15-,16-/m1/s1. The fraction of sp³-hybridized carbons (Fsp3) is 0.391. The molecule has 5 heterocycles. The molecule has 2 atom stereocenters. The molecule has 158 valence electrons. The molecule has 0 spiro atoms. The Morgan fingerprint density at radius 1 is 1.06 bits per heavy atom. The summed E-state index contributed by atoms with van der Waals surface area (Å²) in [5.74, 6) is 0.935. The lowest BCUT2D eigenvalue weighted by atomic mass is 9.83. The summed E-state index contributed by atoms with van der Waals surface area (Å²) in [6, 6.07) is 12.0. The van der Waals surface area contributed by atoms with Gasteiger partial charge in [-0.25, -0.2) is 4.68 Å². The van der Waals surface area contributed by atoms with Gasteiger partial charge in [0.2, 0.25) is 0 Å². The van der Waals surface area contributed by atoms with Gasteiger partial charge in [-0.15, -0.1) is 10.2 Å². The van der Waals surface area contributed by atoms with Crippen molar-refractivity contribution in [1.82, 2.24) is 35.5 Å². The first kappa shape index (κ1) is 18.5. The lowest BCUT2D eigenvalue weighted by Gasteiger charge is -2.43. The van der Waals surface area contributed by atoms with E-state index in [1.165, 1.54) is 32.1 Å². The number of aromatic amines is 1. The molecular formula is C23H26N8. The predicted molar refractivity (Wildman–Crippen MR) is 120 cm³/mol.